The Balaban J connectivity index is 2.06. The summed E-state index contributed by atoms with van der Waals surface area (Å²) in [6, 6.07) is 12.8. The lowest BCUT2D eigenvalue weighted by molar-refractivity contribution is 0.0960. The van der Waals surface area contributed by atoms with E-state index in [1.165, 1.54) is 0 Å². The molecule has 8 nitrogen and oxygen atoms in total. The van der Waals surface area contributed by atoms with Gasteiger partial charge in [0.2, 0.25) is 0 Å². The molecule has 0 aliphatic carbocycles. The van der Waals surface area contributed by atoms with Gasteiger partial charge in [0.1, 0.15) is 28.4 Å². The summed E-state index contributed by atoms with van der Waals surface area (Å²) in [6.45, 7) is 3.94. The lowest BCUT2D eigenvalue weighted by Gasteiger charge is -2.13. The van der Waals surface area contributed by atoms with Gasteiger partial charge in [0.05, 0.1) is 30.9 Å². The number of carbonyl (C=O) groups is 1. The number of benzene rings is 2. The number of nitrogens with one attached hydrogen (secondary N) is 1. The fraction of sp³-hybridized carbons (Fsp3) is 0.136. The van der Waals surface area contributed by atoms with Gasteiger partial charge in [-0.2, -0.15) is 0 Å². The Labute approximate surface area is 172 Å². The van der Waals surface area contributed by atoms with Crippen LogP contribution in [0.5, 0.6) is 11.5 Å². The number of aromatic nitrogens is 3. The van der Waals surface area contributed by atoms with Crippen LogP contribution < -0.4 is 20.5 Å². The summed E-state index contributed by atoms with van der Waals surface area (Å²) in [5, 5.41) is 2.77. The van der Waals surface area contributed by atoms with Crippen LogP contribution in [0.1, 0.15) is 10.4 Å². The number of rotatable bonds is 6. The molecular weight excluding hydrogens is 382 g/mol. The van der Waals surface area contributed by atoms with Gasteiger partial charge in [-0.25, -0.2) is 9.97 Å². The molecular formula is C22H21N5O3. The van der Waals surface area contributed by atoms with Gasteiger partial charge in [-0.15, -0.1) is 6.58 Å². The second-order valence-corrected chi connectivity index (χ2v) is 6.52. The molecule has 2 aromatic heterocycles. The number of hydrogen-bond acceptors (Lipinski definition) is 6. The summed E-state index contributed by atoms with van der Waals surface area (Å²) in [7, 11) is 3.13. The minimum Gasteiger partial charge on any atom is -0.497 e. The second kappa shape index (κ2) is 7.75. The largest absolute Gasteiger partial charge is 0.497 e. The minimum absolute atomic E-state index is 0.213. The molecule has 8 heteroatoms. The molecule has 0 aliphatic heterocycles. The highest BCUT2D eigenvalue weighted by Crippen LogP contribution is 2.36. The smallest absolute Gasteiger partial charge is 0.257 e. The molecule has 0 unspecified atom stereocenters. The highest BCUT2D eigenvalue weighted by atomic mass is 16.5. The molecule has 3 N–H and O–H groups in total. The number of ether oxygens (including phenoxy) is 2. The maximum Gasteiger partial charge on any atom is 0.257 e. The SMILES string of the molecule is C=CCNC(=O)c1c(N)n(-c2ccc(OC)cc2OC)c2nc3ccccc3nc12. The molecule has 4 aromatic rings. The molecule has 30 heavy (non-hydrogen) atoms. The van der Waals surface area contributed by atoms with Crippen molar-refractivity contribution < 1.29 is 14.3 Å². The van der Waals surface area contributed by atoms with Crippen LogP contribution in [0, 0.1) is 0 Å². The third kappa shape index (κ3) is 3.08. The summed E-state index contributed by atoms with van der Waals surface area (Å²) in [5.41, 5.74) is 9.58. The highest BCUT2D eigenvalue weighted by molar-refractivity contribution is 6.11. The van der Waals surface area contributed by atoms with E-state index in [1.807, 2.05) is 24.3 Å². The molecule has 0 spiro atoms. The van der Waals surface area contributed by atoms with Gasteiger partial charge in [-0.3, -0.25) is 9.36 Å². The number of nitrogens with two attached hydrogens (primary N) is 1. The Hall–Kier alpha value is -4.07. The molecule has 0 saturated heterocycles. The molecule has 0 aliphatic rings. The van der Waals surface area contributed by atoms with Gasteiger partial charge in [0, 0.05) is 12.6 Å². The van der Waals surface area contributed by atoms with E-state index in [0.717, 1.165) is 0 Å². The second-order valence-electron chi connectivity index (χ2n) is 6.52. The van der Waals surface area contributed by atoms with Gasteiger partial charge >= 0.3 is 0 Å². The number of para-hydroxylation sites is 2. The molecule has 0 atom stereocenters. The van der Waals surface area contributed by atoms with E-state index >= 15 is 0 Å². The average molecular weight is 403 g/mol. The summed E-state index contributed by atoms with van der Waals surface area (Å²) in [5.74, 6) is 1.01. The summed E-state index contributed by atoms with van der Waals surface area (Å²) in [6.07, 6.45) is 1.60. The highest BCUT2D eigenvalue weighted by Gasteiger charge is 2.26. The number of carbonyl (C=O) groups excluding carboxylic acids is 1. The van der Waals surface area contributed by atoms with Crippen molar-refractivity contribution in [1.82, 2.24) is 19.9 Å². The Morgan fingerprint density at radius 2 is 1.90 bits per heavy atom. The van der Waals surface area contributed by atoms with Crippen molar-refractivity contribution in [1.29, 1.82) is 0 Å². The zero-order valence-electron chi connectivity index (χ0n) is 16.7. The van der Waals surface area contributed by atoms with Crippen molar-refractivity contribution in [3.8, 4) is 17.2 Å². The average Bonchev–Trinajstić information content (AvgIpc) is 3.05. The maximum absolute atomic E-state index is 12.9. The van der Waals surface area contributed by atoms with Crippen molar-refractivity contribution >= 4 is 33.9 Å². The molecule has 2 heterocycles. The van der Waals surface area contributed by atoms with Crippen molar-refractivity contribution in [2.24, 2.45) is 0 Å². The van der Waals surface area contributed by atoms with E-state index in [0.29, 0.717) is 45.9 Å². The number of nitrogen functional groups attached to an aromatic ring is 1. The van der Waals surface area contributed by atoms with Crippen molar-refractivity contribution in [2.45, 2.75) is 0 Å². The van der Waals surface area contributed by atoms with Crippen LogP contribution in [0.4, 0.5) is 5.82 Å². The standard InChI is InChI=1S/C22H21N5O3/c1-4-11-24-22(28)18-19-21(26-15-8-6-5-7-14(15)25-19)27(20(18)23)16-10-9-13(29-2)12-17(16)30-3/h4-10,12H,1,11,23H2,2-3H3,(H,24,28). The summed E-state index contributed by atoms with van der Waals surface area (Å²) in [4.78, 5) is 22.3. The lowest BCUT2D eigenvalue weighted by atomic mass is 10.2. The first-order valence-electron chi connectivity index (χ1n) is 9.27. The number of nitrogens with zero attached hydrogens (tertiary/aromatic N) is 3. The first kappa shape index (κ1) is 19.3. The maximum atomic E-state index is 12.9. The van der Waals surface area contributed by atoms with Crippen molar-refractivity contribution in [2.75, 3.05) is 26.5 Å². The van der Waals surface area contributed by atoms with Crippen LogP contribution in [-0.4, -0.2) is 41.2 Å². The Bertz CT molecular complexity index is 1280. The quantitative estimate of drug-likeness (QED) is 0.480. The van der Waals surface area contributed by atoms with Gasteiger partial charge in [0.25, 0.3) is 5.91 Å². The van der Waals surface area contributed by atoms with E-state index in [1.54, 1.807) is 43.1 Å². The van der Waals surface area contributed by atoms with E-state index in [9.17, 15) is 4.79 Å². The lowest BCUT2D eigenvalue weighted by Crippen LogP contribution is -2.24. The molecule has 4 rings (SSSR count). The zero-order chi connectivity index (χ0) is 21.3. The number of methoxy groups -OCH3 is 2. The first-order valence-corrected chi connectivity index (χ1v) is 9.27. The van der Waals surface area contributed by atoms with Crippen LogP contribution in [0.3, 0.4) is 0 Å². The zero-order valence-corrected chi connectivity index (χ0v) is 16.7. The van der Waals surface area contributed by atoms with Crippen molar-refractivity contribution in [3.05, 3.63) is 60.7 Å². The molecule has 152 valence electrons. The van der Waals surface area contributed by atoms with Crippen LogP contribution in [0.2, 0.25) is 0 Å². The molecule has 0 fully saturated rings. The Morgan fingerprint density at radius 3 is 2.57 bits per heavy atom. The Morgan fingerprint density at radius 1 is 1.17 bits per heavy atom. The Kier molecular flexibility index (Phi) is 4.97. The van der Waals surface area contributed by atoms with Gasteiger partial charge in [-0.05, 0) is 24.3 Å². The third-order valence-electron chi connectivity index (χ3n) is 4.76. The predicted octanol–water partition coefficient (Wildman–Crippen LogP) is 3.09. The topological polar surface area (TPSA) is 104 Å². The number of anilines is 1. The van der Waals surface area contributed by atoms with Gasteiger partial charge in [0.15, 0.2) is 5.65 Å². The molecule has 0 bridgehead atoms. The van der Waals surface area contributed by atoms with E-state index < -0.39 is 0 Å². The number of fused-ring (bicyclic) bond motifs is 2. The normalized spacial score (nSPS) is 10.9. The van der Waals surface area contributed by atoms with E-state index in [4.69, 9.17) is 20.2 Å². The van der Waals surface area contributed by atoms with Crippen molar-refractivity contribution in [3.63, 3.8) is 0 Å². The van der Waals surface area contributed by atoms with Gasteiger partial charge < -0.3 is 20.5 Å². The van der Waals surface area contributed by atoms with Gasteiger partial charge in [-0.1, -0.05) is 18.2 Å². The van der Waals surface area contributed by atoms with E-state index in [2.05, 4.69) is 16.9 Å². The van der Waals surface area contributed by atoms with Crippen LogP contribution >= 0.6 is 0 Å². The fourth-order valence-electron chi connectivity index (χ4n) is 3.35. The molecule has 1 amide bonds. The monoisotopic (exact) mass is 403 g/mol. The predicted molar refractivity (Wildman–Crippen MR) is 116 cm³/mol. The minimum atomic E-state index is -0.354. The summed E-state index contributed by atoms with van der Waals surface area (Å²) >= 11 is 0. The van der Waals surface area contributed by atoms with E-state index in [-0.39, 0.29) is 17.3 Å². The summed E-state index contributed by atoms with van der Waals surface area (Å²) < 4.78 is 12.5. The first-order chi connectivity index (χ1) is 14.6. The third-order valence-corrected chi connectivity index (χ3v) is 4.76. The van der Waals surface area contributed by atoms with Crippen LogP contribution in [0.25, 0.3) is 27.9 Å². The molecule has 0 saturated carbocycles. The fourth-order valence-corrected chi connectivity index (χ4v) is 3.35. The van der Waals surface area contributed by atoms with Crippen LogP contribution in [-0.2, 0) is 0 Å². The number of amides is 1. The number of hydrogen-bond donors (Lipinski definition) is 2. The molecule has 2 aromatic carbocycles. The van der Waals surface area contributed by atoms with Crippen LogP contribution in [0.15, 0.2) is 55.1 Å². The molecule has 0 radical (unpaired) electrons.